The summed E-state index contributed by atoms with van der Waals surface area (Å²) >= 11 is 9.35. The first-order valence-electron chi connectivity index (χ1n) is 4.53. The molecule has 0 spiro atoms. The molecule has 3 aromatic rings. The van der Waals surface area contributed by atoms with Crippen LogP contribution in [0.15, 0.2) is 21.2 Å². The zero-order valence-corrected chi connectivity index (χ0v) is 10.5. The predicted octanol–water partition coefficient (Wildman–Crippen LogP) is 3.50. The number of fused-ring (bicyclic) bond motifs is 3. The van der Waals surface area contributed by atoms with Gasteiger partial charge in [-0.05, 0) is 28.9 Å². The normalized spacial score (nSPS) is 11.4. The number of aromatic nitrogens is 3. The molecule has 0 aromatic carbocycles. The molecule has 0 saturated heterocycles. The Morgan fingerprint density at radius 1 is 1.38 bits per heavy atom. The van der Waals surface area contributed by atoms with Gasteiger partial charge in [0.2, 0.25) is 5.71 Å². The SMILES string of the molecule is Cc1nc(Cl)c2oc3ncc(Br)cc3c2n1. The molecular weight excluding hydrogens is 293 g/mol. The second kappa shape index (κ2) is 3.40. The number of aryl methyl sites for hydroxylation is 1. The first kappa shape index (κ1) is 9.99. The van der Waals surface area contributed by atoms with Crippen LogP contribution >= 0.6 is 27.5 Å². The molecule has 3 aromatic heterocycles. The van der Waals surface area contributed by atoms with Crippen molar-refractivity contribution >= 4 is 49.7 Å². The zero-order valence-electron chi connectivity index (χ0n) is 8.16. The molecule has 3 heterocycles. The number of hydrogen-bond donors (Lipinski definition) is 0. The summed E-state index contributed by atoms with van der Waals surface area (Å²) in [4.78, 5) is 12.5. The summed E-state index contributed by atoms with van der Waals surface area (Å²) in [6.07, 6.45) is 1.67. The van der Waals surface area contributed by atoms with Gasteiger partial charge in [-0.2, -0.15) is 0 Å². The maximum absolute atomic E-state index is 5.99. The van der Waals surface area contributed by atoms with Crippen LogP contribution in [0.5, 0.6) is 0 Å². The van der Waals surface area contributed by atoms with Crippen LogP contribution in [0.2, 0.25) is 5.15 Å². The van der Waals surface area contributed by atoms with Crippen molar-refractivity contribution in [1.82, 2.24) is 15.0 Å². The van der Waals surface area contributed by atoms with Gasteiger partial charge >= 0.3 is 0 Å². The average molecular weight is 299 g/mol. The van der Waals surface area contributed by atoms with Crippen LogP contribution in [0.1, 0.15) is 5.82 Å². The first-order chi connectivity index (χ1) is 7.65. The molecular formula is C10H5BrClN3O. The van der Waals surface area contributed by atoms with Crippen LogP contribution in [0, 0.1) is 6.92 Å². The summed E-state index contributed by atoms with van der Waals surface area (Å²) in [5.41, 5.74) is 1.69. The highest BCUT2D eigenvalue weighted by Gasteiger charge is 2.14. The quantitative estimate of drug-likeness (QED) is 0.596. The maximum atomic E-state index is 5.99. The Kier molecular flexibility index (Phi) is 2.12. The Morgan fingerprint density at radius 2 is 2.19 bits per heavy atom. The fraction of sp³-hybridized carbons (Fsp3) is 0.100. The van der Waals surface area contributed by atoms with E-state index in [0.29, 0.717) is 27.8 Å². The minimum absolute atomic E-state index is 0.316. The van der Waals surface area contributed by atoms with Crippen molar-refractivity contribution in [1.29, 1.82) is 0 Å². The standard InChI is InChI=1S/C10H5BrClN3O/c1-4-14-7-6-2-5(11)3-13-10(6)16-8(7)9(12)15-4/h2-3H,1H3. The molecule has 0 aliphatic rings. The highest BCUT2D eigenvalue weighted by atomic mass is 79.9. The van der Waals surface area contributed by atoms with Crippen LogP contribution in [-0.2, 0) is 0 Å². The molecule has 0 aliphatic carbocycles. The van der Waals surface area contributed by atoms with Gasteiger partial charge in [-0.1, -0.05) is 11.6 Å². The van der Waals surface area contributed by atoms with E-state index in [4.69, 9.17) is 16.0 Å². The number of furan rings is 1. The molecule has 0 fully saturated rings. The van der Waals surface area contributed by atoms with E-state index in [1.165, 1.54) is 0 Å². The van der Waals surface area contributed by atoms with Gasteiger partial charge in [-0.15, -0.1) is 0 Å². The van der Waals surface area contributed by atoms with E-state index in [-0.39, 0.29) is 0 Å². The molecule has 4 nitrogen and oxygen atoms in total. The van der Waals surface area contributed by atoms with Gasteiger partial charge in [0.25, 0.3) is 0 Å². The third kappa shape index (κ3) is 1.39. The number of pyridine rings is 1. The van der Waals surface area contributed by atoms with Crippen molar-refractivity contribution in [3.63, 3.8) is 0 Å². The Balaban J connectivity index is 2.57. The summed E-state index contributed by atoms with van der Waals surface area (Å²) in [5.74, 6) is 0.611. The summed E-state index contributed by atoms with van der Waals surface area (Å²) in [7, 11) is 0. The first-order valence-corrected chi connectivity index (χ1v) is 5.70. The lowest BCUT2D eigenvalue weighted by Gasteiger charge is -1.93. The van der Waals surface area contributed by atoms with Crippen molar-refractivity contribution in [3.05, 3.63) is 27.7 Å². The van der Waals surface area contributed by atoms with E-state index >= 15 is 0 Å². The number of nitrogens with zero attached hydrogens (tertiary/aromatic N) is 3. The van der Waals surface area contributed by atoms with Gasteiger partial charge in [0, 0.05) is 10.7 Å². The largest absolute Gasteiger partial charge is 0.433 e. The Bertz CT molecular complexity index is 710. The van der Waals surface area contributed by atoms with Crippen molar-refractivity contribution < 1.29 is 4.42 Å². The third-order valence-electron chi connectivity index (χ3n) is 2.21. The van der Waals surface area contributed by atoms with Crippen LogP contribution in [0.4, 0.5) is 0 Å². The van der Waals surface area contributed by atoms with Crippen molar-refractivity contribution in [2.24, 2.45) is 0 Å². The molecule has 3 rings (SSSR count). The van der Waals surface area contributed by atoms with Gasteiger partial charge in [-0.3, -0.25) is 0 Å². The molecule has 0 N–H and O–H groups in total. The second-order valence-electron chi connectivity index (χ2n) is 3.35. The monoisotopic (exact) mass is 297 g/mol. The molecule has 0 aliphatic heterocycles. The third-order valence-corrected chi connectivity index (χ3v) is 2.90. The van der Waals surface area contributed by atoms with E-state index in [0.717, 1.165) is 9.86 Å². The van der Waals surface area contributed by atoms with E-state index in [9.17, 15) is 0 Å². The lowest BCUT2D eigenvalue weighted by molar-refractivity contribution is 0.650. The molecule has 16 heavy (non-hydrogen) atoms. The van der Waals surface area contributed by atoms with Gasteiger partial charge in [-0.25, -0.2) is 15.0 Å². The van der Waals surface area contributed by atoms with Crippen molar-refractivity contribution in [3.8, 4) is 0 Å². The fourth-order valence-electron chi connectivity index (χ4n) is 1.58. The van der Waals surface area contributed by atoms with Crippen molar-refractivity contribution in [2.75, 3.05) is 0 Å². The predicted molar refractivity (Wildman–Crippen MR) is 64.6 cm³/mol. The molecule has 0 atom stereocenters. The Hall–Kier alpha value is -1.20. The Labute approximate surface area is 104 Å². The number of hydrogen-bond acceptors (Lipinski definition) is 4. The van der Waals surface area contributed by atoms with E-state index < -0.39 is 0 Å². The molecule has 0 unspecified atom stereocenters. The van der Waals surface area contributed by atoms with Crippen LogP contribution < -0.4 is 0 Å². The summed E-state index contributed by atoms with van der Waals surface area (Å²) < 4.78 is 6.37. The topological polar surface area (TPSA) is 51.8 Å². The Morgan fingerprint density at radius 3 is 3.00 bits per heavy atom. The minimum atomic E-state index is 0.316. The minimum Gasteiger partial charge on any atom is -0.433 e. The summed E-state index contributed by atoms with van der Waals surface area (Å²) in [6.45, 7) is 1.79. The van der Waals surface area contributed by atoms with Gasteiger partial charge in [0.15, 0.2) is 10.7 Å². The highest BCUT2D eigenvalue weighted by molar-refractivity contribution is 9.10. The van der Waals surface area contributed by atoms with E-state index in [1.54, 1.807) is 13.1 Å². The molecule has 0 amide bonds. The maximum Gasteiger partial charge on any atom is 0.229 e. The smallest absolute Gasteiger partial charge is 0.229 e. The number of rotatable bonds is 0. The summed E-state index contributed by atoms with van der Waals surface area (Å²) in [6, 6.07) is 1.90. The summed E-state index contributed by atoms with van der Waals surface area (Å²) in [5, 5.41) is 1.15. The number of halogens is 2. The fourth-order valence-corrected chi connectivity index (χ4v) is 2.16. The van der Waals surface area contributed by atoms with Crippen LogP contribution in [-0.4, -0.2) is 15.0 Å². The molecule has 0 radical (unpaired) electrons. The lowest BCUT2D eigenvalue weighted by Crippen LogP contribution is -1.87. The molecule has 80 valence electrons. The van der Waals surface area contributed by atoms with Gasteiger partial charge in [0.1, 0.15) is 11.3 Å². The molecule has 0 bridgehead atoms. The molecule has 6 heteroatoms. The van der Waals surface area contributed by atoms with E-state index in [2.05, 4.69) is 30.9 Å². The van der Waals surface area contributed by atoms with Crippen molar-refractivity contribution in [2.45, 2.75) is 6.92 Å². The lowest BCUT2D eigenvalue weighted by atomic mass is 10.3. The second-order valence-corrected chi connectivity index (χ2v) is 4.62. The van der Waals surface area contributed by atoms with Crippen LogP contribution in [0.25, 0.3) is 22.2 Å². The van der Waals surface area contributed by atoms with Gasteiger partial charge in [0.05, 0.1) is 5.39 Å². The highest BCUT2D eigenvalue weighted by Crippen LogP contribution is 2.31. The molecule has 0 saturated carbocycles. The van der Waals surface area contributed by atoms with Gasteiger partial charge < -0.3 is 4.42 Å². The van der Waals surface area contributed by atoms with E-state index in [1.807, 2.05) is 6.07 Å². The zero-order chi connectivity index (χ0) is 11.3. The average Bonchev–Trinajstić information content (AvgIpc) is 2.57. The van der Waals surface area contributed by atoms with Crippen LogP contribution in [0.3, 0.4) is 0 Å².